The van der Waals surface area contributed by atoms with E-state index in [9.17, 15) is 19.8 Å². The molecule has 2 atom stereocenters. The van der Waals surface area contributed by atoms with Crippen LogP contribution in [0.2, 0.25) is 0 Å². The number of aromatic hydroxyl groups is 1. The minimum atomic E-state index is -0.895. The van der Waals surface area contributed by atoms with Crippen LogP contribution in [0.25, 0.3) is 5.76 Å². The summed E-state index contributed by atoms with van der Waals surface area (Å²) >= 11 is 0. The van der Waals surface area contributed by atoms with Gasteiger partial charge in [-0.3, -0.25) is 14.6 Å². The zero-order valence-corrected chi connectivity index (χ0v) is 20.0. The molecule has 0 aliphatic carbocycles. The van der Waals surface area contributed by atoms with Crippen molar-refractivity contribution in [3.63, 3.8) is 0 Å². The van der Waals surface area contributed by atoms with E-state index in [0.29, 0.717) is 24.2 Å². The number of aromatic nitrogens is 1. The van der Waals surface area contributed by atoms with Crippen LogP contribution >= 0.6 is 0 Å². The largest absolute Gasteiger partial charge is 0.507 e. The molecule has 2 aliphatic rings. The van der Waals surface area contributed by atoms with Crippen LogP contribution in [0.1, 0.15) is 42.1 Å². The third-order valence-electron chi connectivity index (χ3n) is 6.38. The first kappa shape index (κ1) is 23.4. The number of nitrogens with zero attached hydrogens (tertiary/aromatic N) is 2. The molecule has 5 rings (SSSR count). The third kappa shape index (κ3) is 4.15. The first-order valence-corrected chi connectivity index (χ1v) is 11.8. The summed E-state index contributed by atoms with van der Waals surface area (Å²) in [5.41, 5.74) is 2.59. The molecule has 1 fully saturated rings. The van der Waals surface area contributed by atoms with E-state index in [1.807, 2.05) is 13.0 Å². The van der Waals surface area contributed by atoms with Crippen molar-refractivity contribution in [3.05, 3.63) is 88.8 Å². The summed E-state index contributed by atoms with van der Waals surface area (Å²) < 4.78 is 11.3. The predicted octanol–water partition coefficient (Wildman–Crippen LogP) is 4.13. The highest BCUT2D eigenvalue weighted by atomic mass is 16.5. The van der Waals surface area contributed by atoms with Gasteiger partial charge in [-0.2, -0.15) is 0 Å². The molecular weight excluding hydrogens is 460 g/mol. The summed E-state index contributed by atoms with van der Waals surface area (Å²) in [5, 5.41) is 21.6. The second-order valence-electron chi connectivity index (χ2n) is 8.90. The fourth-order valence-electron chi connectivity index (χ4n) is 4.77. The molecule has 0 spiro atoms. The Hall–Kier alpha value is -4.33. The summed E-state index contributed by atoms with van der Waals surface area (Å²) in [5.74, 6) is -0.858. The number of phenols is 1. The smallest absolute Gasteiger partial charge is 0.295 e. The first-order chi connectivity index (χ1) is 17.4. The molecule has 2 N–H and O–H groups in total. The van der Waals surface area contributed by atoms with Crippen LogP contribution in [0.15, 0.2) is 66.5 Å². The van der Waals surface area contributed by atoms with Crippen LogP contribution in [0.4, 0.5) is 0 Å². The number of rotatable bonds is 6. The zero-order chi connectivity index (χ0) is 25.4. The normalized spacial score (nSPS) is 20.3. The van der Waals surface area contributed by atoms with E-state index < -0.39 is 17.7 Å². The van der Waals surface area contributed by atoms with Crippen LogP contribution in [0, 0.1) is 0 Å². The lowest BCUT2D eigenvalue weighted by Crippen LogP contribution is -2.29. The number of benzene rings is 2. The van der Waals surface area contributed by atoms with Gasteiger partial charge in [-0.05, 0) is 66.9 Å². The minimum Gasteiger partial charge on any atom is -0.507 e. The molecule has 3 aromatic rings. The molecular formula is C28H26N2O6. The highest BCUT2D eigenvalue weighted by Gasteiger charge is 2.46. The number of likely N-dealkylation sites (tertiary alicyclic amines) is 1. The van der Waals surface area contributed by atoms with Crippen molar-refractivity contribution in [1.82, 2.24) is 9.88 Å². The van der Waals surface area contributed by atoms with Crippen LogP contribution in [0.3, 0.4) is 0 Å². The van der Waals surface area contributed by atoms with Crippen molar-refractivity contribution in [3.8, 4) is 17.2 Å². The van der Waals surface area contributed by atoms with Gasteiger partial charge >= 0.3 is 0 Å². The molecule has 1 aromatic heterocycles. The maximum absolute atomic E-state index is 13.3. The fraction of sp³-hybridized carbons (Fsp3) is 0.250. The Bertz CT molecular complexity index is 1370. The van der Waals surface area contributed by atoms with Gasteiger partial charge in [0.05, 0.1) is 18.2 Å². The molecule has 1 saturated heterocycles. The Morgan fingerprint density at radius 1 is 1.19 bits per heavy atom. The Kier molecular flexibility index (Phi) is 6.10. The van der Waals surface area contributed by atoms with Gasteiger partial charge < -0.3 is 24.6 Å². The third-order valence-corrected chi connectivity index (χ3v) is 6.38. The van der Waals surface area contributed by atoms with E-state index in [-0.39, 0.29) is 35.5 Å². The summed E-state index contributed by atoms with van der Waals surface area (Å²) in [7, 11) is 0. The lowest BCUT2D eigenvalue weighted by Gasteiger charge is -2.26. The highest BCUT2D eigenvalue weighted by Crippen LogP contribution is 2.43. The number of carbonyl (C=O) groups is 2. The summed E-state index contributed by atoms with van der Waals surface area (Å²) in [4.78, 5) is 32.1. The van der Waals surface area contributed by atoms with Gasteiger partial charge in [-0.1, -0.05) is 12.1 Å². The molecule has 8 nitrogen and oxygen atoms in total. The summed E-state index contributed by atoms with van der Waals surface area (Å²) in [6, 6.07) is 12.6. The Labute approximate surface area is 208 Å². The van der Waals surface area contributed by atoms with Crippen molar-refractivity contribution >= 4 is 17.4 Å². The quantitative estimate of drug-likeness (QED) is 0.306. The molecule has 184 valence electrons. The number of fused-ring (bicyclic) bond motifs is 1. The van der Waals surface area contributed by atoms with Crippen molar-refractivity contribution in [2.45, 2.75) is 39.0 Å². The number of hydrogen-bond donors (Lipinski definition) is 2. The van der Waals surface area contributed by atoms with Crippen LogP contribution in [0.5, 0.6) is 17.2 Å². The summed E-state index contributed by atoms with van der Waals surface area (Å²) in [6.45, 7) is 4.19. The molecule has 2 aromatic carbocycles. The van der Waals surface area contributed by atoms with E-state index in [1.54, 1.807) is 55.7 Å². The number of ketones is 1. The maximum atomic E-state index is 13.3. The molecule has 0 radical (unpaired) electrons. The lowest BCUT2D eigenvalue weighted by atomic mass is 9.94. The average molecular weight is 487 g/mol. The monoisotopic (exact) mass is 486 g/mol. The lowest BCUT2D eigenvalue weighted by molar-refractivity contribution is -0.140. The van der Waals surface area contributed by atoms with Gasteiger partial charge in [0.1, 0.15) is 17.6 Å². The number of hydrogen-bond acceptors (Lipinski definition) is 7. The number of aliphatic hydroxyl groups is 1. The molecule has 0 bridgehead atoms. The Morgan fingerprint density at radius 3 is 2.78 bits per heavy atom. The van der Waals surface area contributed by atoms with E-state index in [0.717, 1.165) is 16.9 Å². The minimum absolute atomic E-state index is 0.0241. The topological polar surface area (TPSA) is 109 Å². The molecule has 3 heterocycles. The van der Waals surface area contributed by atoms with Gasteiger partial charge in [0.15, 0.2) is 11.5 Å². The molecule has 36 heavy (non-hydrogen) atoms. The Morgan fingerprint density at radius 2 is 2.03 bits per heavy atom. The highest BCUT2D eigenvalue weighted by molar-refractivity contribution is 6.46. The second-order valence-corrected chi connectivity index (χ2v) is 8.90. The number of pyridine rings is 1. The number of amides is 1. The molecule has 1 amide bonds. The number of phenolic OH excluding ortho intramolecular Hbond substituents is 1. The summed E-state index contributed by atoms with van der Waals surface area (Å²) in [6.07, 6.45) is 3.96. The van der Waals surface area contributed by atoms with Crippen molar-refractivity contribution in [2.75, 3.05) is 6.61 Å². The van der Waals surface area contributed by atoms with Gasteiger partial charge in [-0.25, -0.2) is 0 Å². The fourth-order valence-corrected chi connectivity index (χ4v) is 4.77. The van der Waals surface area contributed by atoms with E-state index >= 15 is 0 Å². The molecule has 2 unspecified atom stereocenters. The Balaban J connectivity index is 1.65. The van der Waals surface area contributed by atoms with Crippen molar-refractivity contribution in [1.29, 1.82) is 0 Å². The number of Topliss-reactive ketones (excluding diaryl/α,β-unsaturated/α-hetero) is 1. The average Bonchev–Trinajstić information content (AvgIpc) is 3.37. The number of aliphatic hydroxyl groups excluding tert-OH is 1. The molecule has 0 saturated carbocycles. The van der Waals surface area contributed by atoms with Gasteiger partial charge in [0.25, 0.3) is 11.7 Å². The van der Waals surface area contributed by atoms with Crippen LogP contribution < -0.4 is 9.47 Å². The zero-order valence-electron chi connectivity index (χ0n) is 20.0. The van der Waals surface area contributed by atoms with E-state index in [4.69, 9.17) is 9.47 Å². The number of ether oxygens (including phenoxy) is 2. The number of carbonyl (C=O) groups excluding carboxylic acids is 2. The first-order valence-electron chi connectivity index (χ1n) is 11.8. The van der Waals surface area contributed by atoms with Crippen LogP contribution in [-0.4, -0.2) is 44.5 Å². The van der Waals surface area contributed by atoms with E-state index in [2.05, 4.69) is 4.98 Å². The molecule has 8 heteroatoms. The SMILES string of the molecule is CCOc1cc(C2/C(=C(\O)c3ccc4c(c3)CC(C)O4)C(=O)C(=O)N2Cc2cccnc2)ccc1O. The second kappa shape index (κ2) is 9.37. The van der Waals surface area contributed by atoms with Crippen LogP contribution in [-0.2, 0) is 22.6 Å². The van der Waals surface area contributed by atoms with Gasteiger partial charge in [0, 0.05) is 30.9 Å². The molecule has 2 aliphatic heterocycles. The maximum Gasteiger partial charge on any atom is 0.295 e. The standard InChI is InChI=1S/C28H26N2O6/c1-3-35-23-13-18(6-8-21(23)31)25-24(26(32)19-7-9-22-20(12-19)11-16(2)36-22)27(33)28(34)30(25)15-17-5-4-10-29-14-17/h4-10,12-14,16,25,31-32H,3,11,15H2,1-2H3/b26-24+. The van der Waals surface area contributed by atoms with Crippen molar-refractivity contribution < 1.29 is 29.3 Å². The van der Waals surface area contributed by atoms with E-state index in [1.165, 1.54) is 11.0 Å². The van der Waals surface area contributed by atoms with Gasteiger partial charge in [0.2, 0.25) is 0 Å². The van der Waals surface area contributed by atoms with Crippen molar-refractivity contribution in [2.24, 2.45) is 0 Å². The van der Waals surface area contributed by atoms with Gasteiger partial charge in [-0.15, -0.1) is 0 Å². The predicted molar refractivity (Wildman–Crippen MR) is 132 cm³/mol.